The summed E-state index contributed by atoms with van der Waals surface area (Å²) in [6, 6.07) is 9.66. The van der Waals surface area contributed by atoms with Gasteiger partial charge in [0.05, 0.1) is 13.2 Å². The van der Waals surface area contributed by atoms with Gasteiger partial charge in [-0.3, -0.25) is 9.69 Å². The molecule has 1 aliphatic heterocycles. The third-order valence-electron chi connectivity index (χ3n) is 3.58. The molecule has 0 bridgehead atoms. The molecule has 6 nitrogen and oxygen atoms in total. The maximum atomic E-state index is 12.0. The largest absolute Gasteiger partial charge is 0.379 e. The Morgan fingerprint density at radius 2 is 2.22 bits per heavy atom. The summed E-state index contributed by atoms with van der Waals surface area (Å²) in [5, 5.41) is 14.9. The molecule has 0 aromatic heterocycles. The van der Waals surface area contributed by atoms with Gasteiger partial charge in [0.2, 0.25) is 0 Å². The minimum Gasteiger partial charge on any atom is -0.379 e. The van der Waals surface area contributed by atoms with E-state index in [9.17, 15) is 4.79 Å². The molecule has 2 rings (SSSR count). The van der Waals surface area contributed by atoms with Crippen molar-refractivity contribution in [2.75, 3.05) is 44.7 Å². The number of amides is 1. The third kappa shape index (κ3) is 5.74. The van der Waals surface area contributed by atoms with Crippen LogP contribution < -0.4 is 10.6 Å². The first-order chi connectivity index (χ1) is 11.2. The first kappa shape index (κ1) is 17.0. The lowest BCUT2D eigenvalue weighted by molar-refractivity contribution is -0.117. The van der Waals surface area contributed by atoms with Crippen LogP contribution in [-0.2, 0) is 9.53 Å². The van der Waals surface area contributed by atoms with Crippen molar-refractivity contribution in [2.45, 2.75) is 6.92 Å². The van der Waals surface area contributed by atoms with E-state index in [2.05, 4.69) is 15.5 Å². The fourth-order valence-electron chi connectivity index (χ4n) is 2.29. The maximum Gasteiger partial charge on any atom is 0.263 e. The van der Waals surface area contributed by atoms with E-state index in [0.717, 1.165) is 44.1 Å². The number of nitrogens with zero attached hydrogens (tertiary/aromatic N) is 2. The second kappa shape index (κ2) is 8.93. The Labute approximate surface area is 136 Å². The highest BCUT2D eigenvalue weighted by atomic mass is 16.5. The highest BCUT2D eigenvalue weighted by Crippen LogP contribution is 2.10. The van der Waals surface area contributed by atoms with Crippen LogP contribution in [0.3, 0.4) is 0 Å². The van der Waals surface area contributed by atoms with Crippen molar-refractivity contribution in [1.29, 1.82) is 5.26 Å². The molecule has 1 aliphatic rings. The standard InChI is InChI=1S/C17H22N4O2/c1-14-3-2-4-16(11-14)20-13-15(12-18)17(22)19-5-6-21-7-9-23-10-8-21/h2-4,11,13,20H,5-10H2,1H3,(H,19,22)/b15-13-. The number of benzene rings is 1. The van der Waals surface area contributed by atoms with E-state index in [1.54, 1.807) is 0 Å². The van der Waals surface area contributed by atoms with Crippen molar-refractivity contribution in [3.8, 4) is 6.07 Å². The minimum absolute atomic E-state index is 0.0634. The summed E-state index contributed by atoms with van der Waals surface area (Å²) in [7, 11) is 0. The average molecular weight is 314 g/mol. The second-order valence-electron chi connectivity index (χ2n) is 5.39. The minimum atomic E-state index is -0.360. The summed E-state index contributed by atoms with van der Waals surface area (Å²) in [5.74, 6) is -0.360. The van der Waals surface area contributed by atoms with Crippen LogP contribution in [0.25, 0.3) is 0 Å². The van der Waals surface area contributed by atoms with Gasteiger partial charge in [0, 0.05) is 38.1 Å². The average Bonchev–Trinajstić information content (AvgIpc) is 2.56. The number of nitrogens with one attached hydrogen (secondary N) is 2. The van der Waals surface area contributed by atoms with Crippen molar-refractivity contribution in [3.63, 3.8) is 0 Å². The van der Waals surface area contributed by atoms with Gasteiger partial charge in [0.25, 0.3) is 5.91 Å². The van der Waals surface area contributed by atoms with E-state index < -0.39 is 0 Å². The summed E-state index contributed by atoms with van der Waals surface area (Å²) < 4.78 is 5.28. The summed E-state index contributed by atoms with van der Waals surface area (Å²) in [6.07, 6.45) is 1.44. The van der Waals surface area contributed by atoms with Crippen LogP contribution in [0.5, 0.6) is 0 Å². The quantitative estimate of drug-likeness (QED) is 0.611. The van der Waals surface area contributed by atoms with E-state index in [1.807, 2.05) is 37.3 Å². The summed E-state index contributed by atoms with van der Waals surface area (Å²) >= 11 is 0. The fraction of sp³-hybridized carbons (Fsp3) is 0.412. The van der Waals surface area contributed by atoms with Crippen LogP contribution in [0, 0.1) is 18.3 Å². The van der Waals surface area contributed by atoms with Crippen LogP contribution in [0.4, 0.5) is 5.69 Å². The molecule has 6 heteroatoms. The molecule has 2 N–H and O–H groups in total. The molecule has 0 unspecified atom stereocenters. The zero-order valence-corrected chi connectivity index (χ0v) is 13.3. The highest BCUT2D eigenvalue weighted by molar-refractivity contribution is 5.97. The number of anilines is 1. The molecule has 23 heavy (non-hydrogen) atoms. The van der Waals surface area contributed by atoms with Crippen molar-refractivity contribution in [2.24, 2.45) is 0 Å². The molecule has 0 atom stereocenters. The Morgan fingerprint density at radius 3 is 2.91 bits per heavy atom. The van der Waals surface area contributed by atoms with Crippen LogP contribution in [0.15, 0.2) is 36.0 Å². The molecule has 122 valence electrons. The second-order valence-corrected chi connectivity index (χ2v) is 5.39. The van der Waals surface area contributed by atoms with Crippen LogP contribution in [0.1, 0.15) is 5.56 Å². The van der Waals surface area contributed by atoms with E-state index in [0.29, 0.717) is 6.54 Å². The SMILES string of the molecule is Cc1cccc(N/C=C(/C#N)C(=O)NCCN2CCOCC2)c1. The molecule has 1 heterocycles. The lowest BCUT2D eigenvalue weighted by Crippen LogP contribution is -2.41. The first-order valence-corrected chi connectivity index (χ1v) is 7.71. The molecule has 1 aromatic rings. The number of rotatable bonds is 6. The zero-order valence-electron chi connectivity index (χ0n) is 13.3. The molecule has 1 amide bonds. The molecule has 0 spiro atoms. The lowest BCUT2D eigenvalue weighted by atomic mass is 10.2. The highest BCUT2D eigenvalue weighted by Gasteiger charge is 2.12. The number of morpholine rings is 1. The van der Waals surface area contributed by atoms with Crippen molar-refractivity contribution in [3.05, 3.63) is 41.6 Å². The Bertz CT molecular complexity index is 601. The van der Waals surface area contributed by atoms with E-state index in [4.69, 9.17) is 10.00 Å². The normalized spacial score (nSPS) is 15.7. The lowest BCUT2D eigenvalue weighted by Gasteiger charge is -2.26. The number of nitriles is 1. The van der Waals surface area contributed by atoms with Gasteiger partial charge in [-0.1, -0.05) is 12.1 Å². The fourth-order valence-corrected chi connectivity index (χ4v) is 2.29. The predicted molar refractivity (Wildman–Crippen MR) is 88.8 cm³/mol. The number of carbonyl (C=O) groups excluding carboxylic acids is 1. The molecule has 0 aliphatic carbocycles. The Hall–Kier alpha value is -2.36. The Kier molecular flexibility index (Phi) is 6.60. The predicted octanol–water partition coefficient (Wildman–Crippen LogP) is 1.26. The Balaban J connectivity index is 1.80. The topological polar surface area (TPSA) is 77.4 Å². The van der Waals surface area contributed by atoms with Gasteiger partial charge < -0.3 is 15.4 Å². The molecule has 1 saturated heterocycles. The molecule has 0 radical (unpaired) electrons. The van der Waals surface area contributed by atoms with Gasteiger partial charge in [-0.05, 0) is 24.6 Å². The van der Waals surface area contributed by atoms with Crippen molar-refractivity contribution in [1.82, 2.24) is 10.2 Å². The zero-order chi connectivity index (χ0) is 16.5. The van der Waals surface area contributed by atoms with Crippen molar-refractivity contribution >= 4 is 11.6 Å². The van der Waals surface area contributed by atoms with Crippen LogP contribution in [0.2, 0.25) is 0 Å². The number of ether oxygens (including phenoxy) is 1. The first-order valence-electron chi connectivity index (χ1n) is 7.71. The molecule has 1 fully saturated rings. The maximum absolute atomic E-state index is 12.0. The molecular weight excluding hydrogens is 292 g/mol. The van der Waals surface area contributed by atoms with E-state index in [-0.39, 0.29) is 11.5 Å². The van der Waals surface area contributed by atoms with E-state index >= 15 is 0 Å². The number of carbonyl (C=O) groups is 1. The van der Waals surface area contributed by atoms with Gasteiger partial charge >= 0.3 is 0 Å². The summed E-state index contributed by atoms with van der Waals surface area (Å²) in [6.45, 7) is 6.49. The third-order valence-corrected chi connectivity index (χ3v) is 3.58. The molecule has 1 aromatic carbocycles. The van der Waals surface area contributed by atoms with Crippen molar-refractivity contribution < 1.29 is 9.53 Å². The van der Waals surface area contributed by atoms with Gasteiger partial charge in [0.15, 0.2) is 0 Å². The van der Waals surface area contributed by atoms with Gasteiger partial charge in [-0.25, -0.2) is 0 Å². The number of aryl methyl sites for hydroxylation is 1. The number of hydrogen-bond acceptors (Lipinski definition) is 5. The van der Waals surface area contributed by atoms with Gasteiger partial charge in [-0.15, -0.1) is 0 Å². The monoisotopic (exact) mass is 314 g/mol. The number of hydrogen-bond donors (Lipinski definition) is 2. The molecular formula is C17H22N4O2. The summed E-state index contributed by atoms with van der Waals surface area (Å²) in [5.41, 5.74) is 2.02. The van der Waals surface area contributed by atoms with Crippen LogP contribution in [-0.4, -0.2) is 50.2 Å². The Morgan fingerprint density at radius 1 is 1.43 bits per heavy atom. The summed E-state index contributed by atoms with van der Waals surface area (Å²) in [4.78, 5) is 14.2. The van der Waals surface area contributed by atoms with E-state index in [1.165, 1.54) is 6.20 Å². The van der Waals surface area contributed by atoms with Crippen LogP contribution >= 0.6 is 0 Å². The smallest absolute Gasteiger partial charge is 0.263 e. The van der Waals surface area contributed by atoms with Gasteiger partial charge in [0.1, 0.15) is 11.6 Å². The molecule has 0 saturated carbocycles. The van der Waals surface area contributed by atoms with Gasteiger partial charge in [-0.2, -0.15) is 5.26 Å².